The molecule has 94 valence electrons. The van der Waals surface area contributed by atoms with Gasteiger partial charge in [-0.15, -0.1) is 6.58 Å². The maximum atomic E-state index is 5.18. The Labute approximate surface area is 105 Å². The molecule has 2 heteroatoms. The van der Waals surface area contributed by atoms with E-state index in [0.29, 0.717) is 6.04 Å². The first kappa shape index (κ1) is 13.6. The fourth-order valence-corrected chi connectivity index (χ4v) is 2.13. The van der Waals surface area contributed by atoms with Crippen LogP contribution in [0.2, 0.25) is 0 Å². The summed E-state index contributed by atoms with van der Waals surface area (Å²) < 4.78 is 5.18. The molecule has 0 heterocycles. The molecule has 0 N–H and O–H groups in total. The van der Waals surface area contributed by atoms with Crippen LogP contribution < -0.4 is 9.64 Å². The van der Waals surface area contributed by atoms with Crippen LogP contribution in [0.25, 0.3) is 0 Å². The third-order valence-corrected chi connectivity index (χ3v) is 3.10. The lowest BCUT2D eigenvalue weighted by atomic mass is 10.1. The van der Waals surface area contributed by atoms with Crippen LogP contribution in [-0.4, -0.2) is 19.7 Å². The van der Waals surface area contributed by atoms with Gasteiger partial charge in [0.15, 0.2) is 0 Å². The van der Waals surface area contributed by atoms with Crippen molar-refractivity contribution in [1.82, 2.24) is 0 Å². The monoisotopic (exact) mass is 233 g/mol. The van der Waals surface area contributed by atoms with Gasteiger partial charge < -0.3 is 9.64 Å². The summed E-state index contributed by atoms with van der Waals surface area (Å²) in [5.74, 6) is 0.904. The quantitative estimate of drug-likeness (QED) is 0.663. The molecular weight excluding hydrogens is 210 g/mol. The summed E-state index contributed by atoms with van der Waals surface area (Å²) in [5.41, 5.74) is 1.25. The SMILES string of the molecule is C=CCC(CC)N(CC)c1ccc(OC)cc1. The highest BCUT2D eigenvalue weighted by Crippen LogP contribution is 2.23. The highest BCUT2D eigenvalue weighted by atomic mass is 16.5. The van der Waals surface area contributed by atoms with Crippen LogP contribution in [0.15, 0.2) is 36.9 Å². The molecule has 1 unspecified atom stereocenters. The zero-order valence-electron chi connectivity index (χ0n) is 11.1. The molecule has 0 saturated heterocycles. The molecule has 0 bridgehead atoms. The number of methoxy groups -OCH3 is 1. The van der Waals surface area contributed by atoms with Crippen LogP contribution in [0.5, 0.6) is 5.75 Å². The standard InChI is InChI=1S/C15H23NO/c1-5-8-13(6-2)16(7-3)14-9-11-15(17-4)12-10-14/h5,9-13H,1,6-8H2,2-4H3. The highest BCUT2D eigenvalue weighted by molar-refractivity contribution is 5.50. The van der Waals surface area contributed by atoms with Gasteiger partial charge in [0.1, 0.15) is 5.75 Å². The molecule has 1 atom stereocenters. The molecule has 0 fully saturated rings. The minimum Gasteiger partial charge on any atom is -0.497 e. The Morgan fingerprint density at radius 1 is 1.29 bits per heavy atom. The van der Waals surface area contributed by atoms with E-state index in [1.165, 1.54) is 5.69 Å². The Kier molecular flexibility index (Phi) is 5.61. The predicted molar refractivity (Wildman–Crippen MR) is 74.9 cm³/mol. The van der Waals surface area contributed by atoms with Crippen molar-refractivity contribution in [2.75, 3.05) is 18.6 Å². The van der Waals surface area contributed by atoms with Crippen molar-refractivity contribution < 1.29 is 4.74 Å². The van der Waals surface area contributed by atoms with E-state index in [9.17, 15) is 0 Å². The number of rotatable bonds is 7. The molecule has 17 heavy (non-hydrogen) atoms. The van der Waals surface area contributed by atoms with E-state index in [1.54, 1.807) is 7.11 Å². The number of anilines is 1. The maximum absolute atomic E-state index is 5.18. The fourth-order valence-electron chi connectivity index (χ4n) is 2.13. The second kappa shape index (κ2) is 7.00. The number of nitrogens with zero attached hydrogens (tertiary/aromatic N) is 1. The van der Waals surface area contributed by atoms with Gasteiger partial charge >= 0.3 is 0 Å². The van der Waals surface area contributed by atoms with Crippen molar-refractivity contribution in [2.24, 2.45) is 0 Å². The predicted octanol–water partition coefficient (Wildman–Crippen LogP) is 3.88. The summed E-state index contributed by atoms with van der Waals surface area (Å²) in [5, 5.41) is 0. The Bertz CT molecular complexity index is 331. The summed E-state index contributed by atoms with van der Waals surface area (Å²) in [4.78, 5) is 2.42. The summed E-state index contributed by atoms with van der Waals surface area (Å²) >= 11 is 0. The van der Waals surface area contributed by atoms with Crippen LogP contribution in [0.4, 0.5) is 5.69 Å². The Morgan fingerprint density at radius 3 is 2.35 bits per heavy atom. The molecular formula is C15H23NO. The molecule has 1 aromatic carbocycles. The van der Waals surface area contributed by atoms with Gasteiger partial charge in [-0.05, 0) is 44.0 Å². The number of ether oxygens (including phenoxy) is 1. The second-order valence-electron chi connectivity index (χ2n) is 4.07. The van der Waals surface area contributed by atoms with Crippen molar-refractivity contribution in [3.05, 3.63) is 36.9 Å². The van der Waals surface area contributed by atoms with Gasteiger partial charge in [-0.1, -0.05) is 13.0 Å². The van der Waals surface area contributed by atoms with Gasteiger partial charge in [-0.25, -0.2) is 0 Å². The Balaban J connectivity index is 2.86. The van der Waals surface area contributed by atoms with Crippen LogP contribution in [0.3, 0.4) is 0 Å². The van der Waals surface area contributed by atoms with E-state index in [2.05, 4.69) is 37.5 Å². The minimum absolute atomic E-state index is 0.533. The zero-order valence-corrected chi connectivity index (χ0v) is 11.1. The lowest BCUT2D eigenvalue weighted by Crippen LogP contribution is -2.34. The van der Waals surface area contributed by atoms with E-state index >= 15 is 0 Å². The van der Waals surface area contributed by atoms with Gasteiger partial charge in [-0.3, -0.25) is 0 Å². The average Bonchev–Trinajstić information content (AvgIpc) is 2.39. The van der Waals surface area contributed by atoms with Crippen molar-refractivity contribution in [1.29, 1.82) is 0 Å². The van der Waals surface area contributed by atoms with E-state index in [-0.39, 0.29) is 0 Å². The van der Waals surface area contributed by atoms with Crippen molar-refractivity contribution in [3.8, 4) is 5.75 Å². The third-order valence-electron chi connectivity index (χ3n) is 3.10. The van der Waals surface area contributed by atoms with Gasteiger partial charge in [0.05, 0.1) is 7.11 Å². The highest BCUT2D eigenvalue weighted by Gasteiger charge is 2.14. The molecule has 0 aliphatic carbocycles. The molecule has 0 aliphatic heterocycles. The zero-order chi connectivity index (χ0) is 12.7. The van der Waals surface area contributed by atoms with Crippen LogP contribution in [0, 0.1) is 0 Å². The summed E-state index contributed by atoms with van der Waals surface area (Å²) in [6, 6.07) is 8.80. The summed E-state index contributed by atoms with van der Waals surface area (Å²) in [6.07, 6.45) is 4.16. The first-order chi connectivity index (χ1) is 8.26. The first-order valence-electron chi connectivity index (χ1n) is 6.28. The topological polar surface area (TPSA) is 12.5 Å². The Morgan fingerprint density at radius 2 is 1.94 bits per heavy atom. The van der Waals surface area contributed by atoms with Crippen molar-refractivity contribution in [3.63, 3.8) is 0 Å². The van der Waals surface area contributed by atoms with Crippen molar-refractivity contribution in [2.45, 2.75) is 32.7 Å². The summed E-state index contributed by atoms with van der Waals surface area (Å²) in [6.45, 7) is 9.27. The number of hydrogen-bond acceptors (Lipinski definition) is 2. The lowest BCUT2D eigenvalue weighted by Gasteiger charge is -2.31. The molecule has 0 amide bonds. The van der Waals surface area contributed by atoms with E-state index < -0.39 is 0 Å². The molecule has 2 nitrogen and oxygen atoms in total. The van der Waals surface area contributed by atoms with E-state index in [0.717, 1.165) is 25.1 Å². The molecule has 0 aromatic heterocycles. The molecule has 0 aliphatic rings. The largest absolute Gasteiger partial charge is 0.497 e. The summed E-state index contributed by atoms with van der Waals surface area (Å²) in [7, 11) is 1.69. The second-order valence-corrected chi connectivity index (χ2v) is 4.07. The van der Waals surface area contributed by atoms with Crippen LogP contribution >= 0.6 is 0 Å². The average molecular weight is 233 g/mol. The van der Waals surface area contributed by atoms with E-state index in [4.69, 9.17) is 4.74 Å². The first-order valence-corrected chi connectivity index (χ1v) is 6.28. The molecule has 0 spiro atoms. The minimum atomic E-state index is 0.533. The number of benzene rings is 1. The molecule has 0 saturated carbocycles. The lowest BCUT2D eigenvalue weighted by molar-refractivity contribution is 0.414. The fraction of sp³-hybridized carbons (Fsp3) is 0.467. The van der Waals surface area contributed by atoms with Gasteiger partial charge in [-0.2, -0.15) is 0 Å². The normalized spacial score (nSPS) is 11.9. The molecule has 1 aromatic rings. The molecule has 1 rings (SSSR count). The maximum Gasteiger partial charge on any atom is 0.119 e. The third kappa shape index (κ3) is 3.52. The number of hydrogen-bond donors (Lipinski definition) is 0. The van der Waals surface area contributed by atoms with E-state index in [1.807, 2.05) is 18.2 Å². The Hall–Kier alpha value is -1.44. The van der Waals surface area contributed by atoms with Gasteiger partial charge in [0.2, 0.25) is 0 Å². The molecule has 0 radical (unpaired) electrons. The smallest absolute Gasteiger partial charge is 0.119 e. The van der Waals surface area contributed by atoms with Crippen molar-refractivity contribution >= 4 is 5.69 Å². The van der Waals surface area contributed by atoms with Gasteiger partial charge in [0, 0.05) is 18.3 Å². The van der Waals surface area contributed by atoms with Gasteiger partial charge in [0.25, 0.3) is 0 Å². The van der Waals surface area contributed by atoms with Crippen LogP contribution in [0.1, 0.15) is 26.7 Å². The van der Waals surface area contributed by atoms with Crippen LogP contribution in [-0.2, 0) is 0 Å².